The van der Waals surface area contributed by atoms with E-state index in [-0.39, 0.29) is 17.0 Å². The van der Waals surface area contributed by atoms with Crippen molar-refractivity contribution in [2.75, 3.05) is 31.1 Å². The van der Waals surface area contributed by atoms with Gasteiger partial charge in [0.05, 0.1) is 17.7 Å². The molecule has 0 bridgehead atoms. The van der Waals surface area contributed by atoms with Gasteiger partial charge in [0.15, 0.2) is 11.5 Å². The first-order valence-corrected chi connectivity index (χ1v) is 12.2. The number of anilines is 1. The van der Waals surface area contributed by atoms with Crippen molar-refractivity contribution in [2.45, 2.75) is 25.4 Å². The first kappa shape index (κ1) is 23.2. The normalized spacial score (nSPS) is 16.4. The van der Waals surface area contributed by atoms with Crippen molar-refractivity contribution in [1.82, 2.24) is 9.47 Å². The third-order valence-corrected chi connectivity index (χ3v) is 7.03. The Bertz CT molecular complexity index is 1610. The van der Waals surface area contributed by atoms with E-state index in [1.54, 1.807) is 10.6 Å². The maximum absolute atomic E-state index is 15.2. The Labute approximate surface area is 209 Å². The quantitative estimate of drug-likeness (QED) is 0.423. The predicted molar refractivity (Wildman–Crippen MR) is 134 cm³/mol. The average molecular weight is 506 g/mol. The average Bonchev–Trinajstić information content (AvgIpc) is 3.67. The number of carbonyl (C=O) groups is 1. The molecular weight excluding hydrogens is 481 g/mol. The van der Waals surface area contributed by atoms with Crippen LogP contribution in [0, 0.1) is 5.82 Å². The van der Waals surface area contributed by atoms with Crippen LogP contribution < -0.4 is 16.2 Å². The van der Waals surface area contributed by atoms with Gasteiger partial charge < -0.3 is 23.4 Å². The third-order valence-electron chi connectivity index (χ3n) is 7.03. The van der Waals surface area contributed by atoms with Gasteiger partial charge in [0.25, 0.3) is 0 Å². The molecule has 6 rings (SSSR count). The van der Waals surface area contributed by atoms with E-state index in [4.69, 9.17) is 8.83 Å². The first-order valence-electron chi connectivity index (χ1n) is 12.2. The summed E-state index contributed by atoms with van der Waals surface area (Å²) in [7, 11) is 0. The summed E-state index contributed by atoms with van der Waals surface area (Å²) in [6, 6.07) is 12.2. The Kier molecular flexibility index (Phi) is 5.68. The lowest BCUT2D eigenvalue weighted by molar-refractivity contribution is 0.0695. The summed E-state index contributed by atoms with van der Waals surface area (Å²) in [5, 5.41) is 9.52. The molecule has 9 nitrogen and oxygen atoms in total. The Hall–Kier alpha value is -4.18. The molecule has 1 saturated carbocycles. The van der Waals surface area contributed by atoms with Gasteiger partial charge in [0, 0.05) is 49.4 Å². The number of aromatic carboxylic acids is 1. The number of hydrogen-bond donors (Lipinski definition) is 1. The van der Waals surface area contributed by atoms with Gasteiger partial charge in [-0.25, -0.2) is 14.0 Å². The number of rotatable bonds is 6. The van der Waals surface area contributed by atoms with Crippen LogP contribution in [0.1, 0.15) is 35.0 Å². The summed E-state index contributed by atoms with van der Waals surface area (Å²) in [6.45, 7) is 2.60. The molecule has 2 aromatic carbocycles. The first-order chi connectivity index (χ1) is 17.9. The summed E-state index contributed by atoms with van der Waals surface area (Å²) in [5.74, 6) is -1.77. The molecule has 0 atom stereocenters. The lowest BCUT2D eigenvalue weighted by atomic mass is 10.1. The Balaban J connectivity index is 1.24. The molecule has 0 amide bonds. The van der Waals surface area contributed by atoms with Crippen molar-refractivity contribution in [1.29, 1.82) is 0 Å². The molecule has 4 aromatic rings. The molecule has 1 saturated heterocycles. The highest BCUT2D eigenvalue weighted by atomic mass is 19.1. The largest absolute Gasteiger partial charge is 0.519 e. The van der Waals surface area contributed by atoms with E-state index in [0.29, 0.717) is 55.4 Å². The Morgan fingerprint density at radius 1 is 1.03 bits per heavy atom. The number of nitrogens with zero attached hydrogens (tertiary/aromatic N) is 3. The molecule has 3 heterocycles. The molecular formula is C27H24FN3O6. The van der Waals surface area contributed by atoms with Crippen LogP contribution in [0.2, 0.25) is 0 Å². The molecule has 0 radical (unpaired) electrons. The Morgan fingerprint density at radius 3 is 2.43 bits per heavy atom. The second-order valence-electron chi connectivity index (χ2n) is 9.47. The smallest absolute Gasteiger partial charge is 0.477 e. The van der Waals surface area contributed by atoms with Gasteiger partial charge in [-0.2, -0.15) is 0 Å². The van der Waals surface area contributed by atoms with Crippen LogP contribution >= 0.6 is 0 Å². The van der Waals surface area contributed by atoms with Gasteiger partial charge in [-0.15, -0.1) is 0 Å². The second kappa shape index (κ2) is 9.04. The number of pyridine rings is 1. The minimum atomic E-state index is -1.31. The van der Waals surface area contributed by atoms with E-state index in [0.717, 1.165) is 24.5 Å². The maximum atomic E-state index is 15.2. The molecule has 37 heavy (non-hydrogen) atoms. The molecule has 2 fully saturated rings. The van der Waals surface area contributed by atoms with E-state index in [1.807, 2.05) is 35.2 Å². The molecule has 0 unspecified atom stereocenters. The van der Waals surface area contributed by atoms with Gasteiger partial charge in [-0.1, -0.05) is 30.3 Å². The van der Waals surface area contributed by atoms with Crippen LogP contribution in [-0.2, 0) is 6.54 Å². The molecule has 1 aliphatic heterocycles. The van der Waals surface area contributed by atoms with Crippen molar-refractivity contribution in [3.8, 4) is 11.3 Å². The van der Waals surface area contributed by atoms with E-state index in [2.05, 4.69) is 4.90 Å². The topological polar surface area (TPSA) is 109 Å². The van der Waals surface area contributed by atoms with Gasteiger partial charge in [-0.05, 0) is 25.0 Å². The predicted octanol–water partition coefficient (Wildman–Crippen LogP) is 3.71. The number of carboxylic acid groups (broad SMARTS) is 1. The maximum Gasteiger partial charge on any atom is 0.519 e. The fourth-order valence-electron chi connectivity index (χ4n) is 4.98. The minimum absolute atomic E-state index is 0.0788. The number of carboxylic acids is 1. The van der Waals surface area contributed by atoms with Crippen molar-refractivity contribution in [3.05, 3.63) is 86.6 Å². The summed E-state index contributed by atoms with van der Waals surface area (Å²) in [6.07, 6.45) is 3.16. The lowest BCUT2D eigenvalue weighted by Gasteiger charge is -2.36. The number of hydrogen-bond acceptors (Lipinski definition) is 7. The van der Waals surface area contributed by atoms with Crippen LogP contribution in [0.3, 0.4) is 0 Å². The molecule has 190 valence electrons. The highest BCUT2D eigenvalue weighted by Crippen LogP contribution is 2.38. The molecule has 1 N–H and O–H groups in total. The standard InChI is InChI=1S/C27H24FN3O6/c28-20-12-18-21(31(17-6-7-17)14-19(24(18)32)26(33)34)13-22(20)30-10-8-29(9-11-30)15-23-25(37-27(35)36-23)16-4-2-1-3-5-16/h1-5,12-14,17H,6-11,15H2,(H,33,34). The van der Waals surface area contributed by atoms with Gasteiger partial charge in [0.1, 0.15) is 11.4 Å². The van der Waals surface area contributed by atoms with Gasteiger partial charge in [0.2, 0.25) is 5.43 Å². The summed E-state index contributed by atoms with van der Waals surface area (Å²) in [5.41, 5.74) is 0.660. The van der Waals surface area contributed by atoms with Crippen molar-refractivity contribution < 1.29 is 23.1 Å². The second-order valence-corrected chi connectivity index (χ2v) is 9.47. The summed E-state index contributed by atoms with van der Waals surface area (Å²) >= 11 is 0. The molecule has 10 heteroatoms. The number of benzene rings is 2. The zero-order chi connectivity index (χ0) is 25.7. The van der Waals surface area contributed by atoms with E-state index in [9.17, 15) is 19.5 Å². The molecule has 2 aliphatic rings. The number of halogens is 1. The van der Waals surface area contributed by atoms with Crippen LogP contribution in [-0.4, -0.2) is 46.7 Å². The summed E-state index contributed by atoms with van der Waals surface area (Å²) in [4.78, 5) is 40.1. The van der Waals surface area contributed by atoms with E-state index in [1.165, 1.54) is 6.20 Å². The third kappa shape index (κ3) is 4.33. The fourth-order valence-corrected chi connectivity index (χ4v) is 4.98. The van der Waals surface area contributed by atoms with Gasteiger partial charge in [-0.3, -0.25) is 9.69 Å². The monoisotopic (exact) mass is 505 g/mol. The zero-order valence-electron chi connectivity index (χ0n) is 19.9. The van der Waals surface area contributed by atoms with E-state index >= 15 is 4.39 Å². The molecule has 0 spiro atoms. The van der Waals surface area contributed by atoms with Crippen LogP contribution in [0.5, 0.6) is 0 Å². The highest BCUT2D eigenvalue weighted by Gasteiger charge is 2.29. The molecule has 1 aliphatic carbocycles. The minimum Gasteiger partial charge on any atom is -0.477 e. The fraction of sp³-hybridized carbons (Fsp3) is 0.296. The van der Waals surface area contributed by atoms with Crippen molar-refractivity contribution in [2.24, 2.45) is 0 Å². The Morgan fingerprint density at radius 2 is 1.76 bits per heavy atom. The van der Waals surface area contributed by atoms with Crippen molar-refractivity contribution >= 4 is 22.6 Å². The van der Waals surface area contributed by atoms with Gasteiger partial charge >= 0.3 is 11.8 Å². The number of piperazine rings is 1. The number of aromatic nitrogens is 1. The van der Waals surface area contributed by atoms with Crippen molar-refractivity contribution in [3.63, 3.8) is 0 Å². The lowest BCUT2D eigenvalue weighted by Crippen LogP contribution is -2.46. The SMILES string of the molecule is O=C(O)c1cn(C2CC2)c2cc(N3CCN(Cc4oc(=O)oc4-c4ccccc4)CC3)c(F)cc2c1=O. The highest BCUT2D eigenvalue weighted by molar-refractivity contribution is 5.93. The molecule has 2 aromatic heterocycles. The van der Waals surface area contributed by atoms with Crippen LogP contribution in [0.15, 0.2) is 67.1 Å². The summed E-state index contributed by atoms with van der Waals surface area (Å²) < 4.78 is 27.6. The van der Waals surface area contributed by atoms with Crippen LogP contribution in [0.25, 0.3) is 22.2 Å². The van der Waals surface area contributed by atoms with E-state index < -0.39 is 23.0 Å². The number of fused-ring (bicyclic) bond motifs is 1. The van der Waals surface area contributed by atoms with Crippen LogP contribution in [0.4, 0.5) is 10.1 Å². The zero-order valence-corrected chi connectivity index (χ0v) is 19.9.